The molecule has 0 saturated carbocycles. The number of pyridine rings is 1. The predicted molar refractivity (Wildman–Crippen MR) is 93.6 cm³/mol. The Morgan fingerprint density at radius 3 is 2.56 bits per heavy atom. The summed E-state index contributed by atoms with van der Waals surface area (Å²) in [5.41, 5.74) is 5.40. The van der Waals surface area contributed by atoms with Crippen molar-refractivity contribution in [1.82, 2.24) is 4.98 Å². The van der Waals surface area contributed by atoms with E-state index in [4.69, 9.17) is 15.2 Å². The van der Waals surface area contributed by atoms with Crippen LogP contribution in [-0.4, -0.2) is 41.2 Å². The highest BCUT2D eigenvalue weighted by Gasteiger charge is 2.27. The number of nitro groups is 1. The summed E-state index contributed by atoms with van der Waals surface area (Å²) in [5.74, 6) is 0.254. The molecule has 0 unspecified atom stereocenters. The van der Waals surface area contributed by atoms with E-state index in [2.05, 4.69) is 4.98 Å². The third-order valence-electron chi connectivity index (χ3n) is 4.01. The molecule has 1 amide bonds. The van der Waals surface area contributed by atoms with Gasteiger partial charge in [0.25, 0.3) is 5.69 Å². The van der Waals surface area contributed by atoms with Crippen molar-refractivity contribution in [3.05, 3.63) is 58.3 Å². The number of non-ortho nitro benzene ring substituents is 1. The maximum Gasteiger partial charge on any atom is 0.514 e. The number of hydrogen-bond acceptors (Lipinski definition) is 8. The summed E-state index contributed by atoms with van der Waals surface area (Å²) in [6.45, 7) is 1.05. The monoisotopic (exact) mass is 372 g/mol. The van der Waals surface area contributed by atoms with Crippen molar-refractivity contribution in [1.29, 1.82) is 0 Å². The Morgan fingerprint density at radius 2 is 1.96 bits per heavy atom. The third-order valence-corrected chi connectivity index (χ3v) is 4.01. The standard InChI is InChI=1S/C17H16N4O6/c18-16(22)11-1-6-15(19-9-11)20-8-7-14(10-20)27-17(23)26-13-4-2-12(3-5-13)21(24)25/h1-6,9,14H,7-8,10H2,(H2,18,22)/t14-/m1/s1. The average Bonchev–Trinajstić information content (AvgIpc) is 3.10. The van der Waals surface area contributed by atoms with Gasteiger partial charge in [-0.05, 0) is 24.3 Å². The van der Waals surface area contributed by atoms with E-state index in [9.17, 15) is 19.7 Å². The SMILES string of the molecule is NC(=O)c1ccc(N2CC[C@@H](OC(=O)Oc3ccc([N+](=O)[O-])cc3)C2)nc1. The highest BCUT2D eigenvalue weighted by Crippen LogP contribution is 2.22. The number of hydrogen-bond donors (Lipinski definition) is 1. The van der Waals surface area contributed by atoms with Crippen LogP contribution < -0.4 is 15.4 Å². The fraction of sp³-hybridized carbons (Fsp3) is 0.235. The first-order valence-electron chi connectivity index (χ1n) is 8.06. The van der Waals surface area contributed by atoms with Gasteiger partial charge in [0.05, 0.1) is 17.0 Å². The quantitative estimate of drug-likeness (QED) is 0.363. The molecule has 1 saturated heterocycles. The fourth-order valence-corrected chi connectivity index (χ4v) is 2.64. The molecule has 3 rings (SSSR count). The van der Waals surface area contributed by atoms with Crippen LogP contribution in [0.3, 0.4) is 0 Å². The lowest BCUT2D eigenvalue weighted by molar-refractivity contribution is -0.384. The molecule has 27 heavy (non-hydrogen) atoms. The number of carbonyl (C=O) groups is 2. The Balaban J connectivity index is 1.52. The van der Waals surface area contributed by atoms with E-state index in [0.29, 0.717) is 30.9 Å². The van der Waals surface area contributed by atoms with Crippen LogP contribution in [0.1, 0.15) is 16.8 Å². The lowest BCUT2D eigenvalue weighted by atomic mass is 10.2. The Morgan fingerprint density at radius 1 is 1.22 bits per heavy atom. The van der Waals surface area contributed by atoms with Gasteiger partial charge in [-0.25, -0.2) is 9.78 Å². The number of anilines is 1. The minimum absolute atomic E-state index is 0.1000. The zero-order valence-corrected chi connectivity index (χ0v) is 14.1. The molecule has 1 atom stereocenters. The molecule has 0 aliphatic carbocycles. The van der Waals surface area contributed by atoms with E-state index in [-0.39, 0.29) is 17.5 Å². The molecule has 2 aromatic rings. The average molecular weight is 372 g/mol. The smallest absolute Gasteiger partial charge is 0.429 e. The van der Waals surface area contributed by atoms with Crippen LogP contribution in [0.4, 0.5) is 16.3 Å². The van der Waals surface area contributed by atoms with Gasteiger partial charge in [-0.2, -0.15) is 0 Å². The Labute approximate surface area is 153 Å². The van der Waals surface area contributed by atoms with Gasteiger partial charge in [-0.15, -0.1) is 0 Å². The van der Waals surface area contributed by atoms with Gasteiger partial charge < -0.3 is 20.1 Å². The number of aromatic nitrogens is 1. The largest absolute Gasteiger partial charge is 0.514 e. The molecule has 1 aromatic heterocycles. The van der Waals surface area contributed by atoms with E-state index in [1.54, 1.807) is 12.1 Å². The Hall–Kier alpha value is -3.69. The second-order valence-electron chi connectivity index (χ2n) is 5.85. The molecule has 2 N–H and O–H groups in total. The summed E-state index contributed by atoms with van der Waals surface area (Å²) >= 11 is 0. The summed E-state index contributed by atoms with van der Waals surface area (Å²) < 4.78 is 10.3. The molecule has 0 bridgehead atoms. The van der Waals surface area contributed by atoms with Crippen LogP contribution in [0.5, 0.6) is 5.75 Å². The Kier molecular flexibility index (Phi) is 5.15. The highest BCUT2D eigenvalue weighted by atomic mass is 16.7. The molecule has 10 nitrogen and oxygen atoms in total. The van der Waals surface area contributed by atoms with Gasteiger partial charge in [0.2, 0.25) is 5.91 Å². The maximum atomic E-state index is 11.9. The lowest BCUT2D eigenvalue weighted by Crippen LogP contribution is -2.26. The van der Waals surface area contributed by atoms with Crippen molar-refractivity contribution in [2.45, 2.75) is 12.5 Å². The third kappa shape index (κ3) is 4.48. The summed E-state index contributed by atoms with van der Waals surface area (Å²) in [4.78, 5) is 39.1. The molecule has 1 aromatic carbocycles. The van der Waals surface area contributed by atoms with Gasteiger partial charge in [0.15, 0.2) is 0 Å². The van der Waals surface area contributed by atoms with Crippen LogP contribution in [0, 0.1) is 10.1 Å². The number of carbonyl (C=O) groups excluding carboxylic acids is 2. The van der Waals surface area contributed by atoms with Crippen LogP contribution in [0.2, 0.25) is 0 Å². The van der Waals surface area contributed by atoms with Gasteiger partial charge in [0, 0.05) is 31.3 Å². The minimum atomic E-state index is -0.882. The number of benzene rings is 1. The van der Waals surface area contributed by atoms with Crippen LogP contribution >= 0.6 is 0 Å². The zero-order valence-electron chi connectivity index (χ0n) is 14.1. The molecule has 2 heterocycles. The molecule has 1 fully saturated rings. The lowest BCUT2D eigenvalue weighted by Gasteiger charge is -2.17. The van der Waals surface area contributed by atoms with Gasteiger partial charge in [-0.3, -0.25) is 14.9 Å². The number of nitrogens with zero attached hydrogens (tertiary/aromatic N) is 3. The molecular formula is C17H16N4O6. The molecule has 1 aliphatic heterocycles. The second-order valence-corrected chi connectivity index (χ2v) is 5.85. The van der Waals surface area contributed by atoms with Gasteiger partial charge >= 0.3 is 6.16 Å². The van der Waals surface area contributed by atoms with Crippen LogP contribution in [0.15, 0.2) is 42.6 Å². The fourth-order valence-electron chi connectivity index (χ4n) is 2.64. The first-order chi connectivity index (χ1) is 12.9. The second kappa shape index (κ2) is 7.68. The number of ether oxygens (including phenoxy) is 2. The number of rotatable bonds is 5. The normalized spacial score (nSPS) is 16.0. The molecule has 140 valence electrons. The molecule has 10 heteroatoms. The van der Waals surface area contributed by atoms with E-state index in [0.717, 1.165) is 0 Å². The molecule has 0 radical (unpaired) electrons. The topological polar surface area (TPSA) is 138 Å². The summed E-state index contributed by atoms with van der Waals surface area (Å²) in [7, 11) is 0. The number of nitrogens with two attached hydrogens (primary N) is 1. The van der Waals surface area contributed by atoms with Crippen molar-refractivity contribution < 1.29 is 24.0 Å². The van der Waals surface area contributed by atoms with Crippen molar-refractivity contribution >= 4 is 23.6 Å². The summed E-state index contributed by atoms with van der Waals surface area (Å²) in [5, 5.41) is 10.6. The van der Waals surface area contributed by atoms with E-state index in [1.165, 1.54) is 30.5 Å². The van der Waals surface area contributed by atoms with Crippen LogP contribution in [-0.2, 0) is 4.74 Å². The predicted octanol–water partition coefficient (Wildman–Crippen LogP) is 1.88. The number of primary amides is 1. The van der Waals surface area contributed by atoms with Gasteiger partial charge in [-0.1, -0.05) is 0 Å². The van der Waals surface area contributed by atoms with Gasteiger partial charge in [0.1, 0.15) is 17.7 Å². The maximum absolute atomic E-state index is 11.9. The molecule has 1 aliphatic rings. The summed E-state index contributed by atoms with van der Waals surface area (Å²) in [6.07, 6.45) is 0.726. The van der Waals surface area contributed by atoms with E-state index < -0.39 is 17.0 Å². The van der Waals surface area contributed by atoms with Crippen molar-refractivity contribution in [2.75, 3.05) is 18.0 Å². The zero-order chi connectivity index (χ0) is 19.4. The van der Waals surface area contributed by atoms with E-state index >= 15 is 0 Å². The number of nitro benzene ring substituents is 1. The first kappa shape index (κ1) is 18.1. The molecular weight excluding hydrogens is 356 g/mol. The van der Waals surface area contributed by atoms with Crippen molar-refractivity contribution in [3.8, 4) is 5.75 Å². The summed E-state index contributed by atoms with van der Waals surface area (Å²) in [6, 6.07) is 8.39. The van der Waals surface area contributed by atoms with Crippen LogP contribution in [0.25, 0.3) is 0 Å². The van der Waals surface area contributed by atoms with Crippen molar-refractivity contribution in [3.63, 3.8) is 0 Å². The highest BCUT2D eigenvalue weighted by molar-refractivity contribution is 5.92. The minimum Gasteiger partial charge on any atom is -0.429 e. The number of amides is 1. The van der Waals surface area contributed by atoms with E-state index in [1.807, 2.05) is 4.90 Å². The molecule has 0 spiro atoms. The first-order valence-corrected chi connectivity index (χ1v) is 8.06. The Bertz CT molecular complexity index is 853. The van der Waals surface area contributed by atoms with Crippen molar-refractivity contribution in [2.24, 2.45) is 5.73 Å².